The molecule has 0 spiro atoms. The normalized spacial score (nSPS) is 10.8. The van der Waals surface area contributed by atoms with E-state index in [4.69, 9.17) is 10.3 Å². The van der Waals surface area contributed by atoms with Crippen molar-refractivity contribution in [2.75, 3.05) is 11.1 Å². The van der Waals surface area contributed by atoms with Crippen molar-refractivity contribution in [2.45, 2.75) is 13.5 Å². The molecule has 0 bridgehead atoms. The number of hydrogen-bond acceptors (Lipinski definition) is 6. The summed E-state index contributed by atoms with van der Waals surface area (Å²) in [6.07, 6.45) is 0. The van der Waals surface area contributed by atoms with Crippen LogP contribution >= 0.6 is 0 Å². The Morgan fingerprint density at radius 1 is 1.40 bits per heavy atom. The number of H-pyrrole nitrogens is 1. The lowest BCUT2D eigenvalue weighted by Gasteiger charge is -2.04. The minimum atomic E-state index is -0.235. The molecule has 0 aliphatic heterocycles. The van der Waals surface area contributed by atoms with E-state index in [2.05, 4.69) is 20.4 Å². The monoisotopic (exact) mass is 271 g/mol. The zero-order chi connectivity index (χ0) is 14.1. The molecule has 0 saturated carbocycles. The van der Waals surface area contributed by atoms with E-state index >= 15 is 0 Å². The van der Waals surface area contributed by atoms with Gasteiger partial charge in [-0.05, 0) is 25.1 Å². The number of nitrogens with two attached hydrogens (primary N) is 1. The number of nitrogens with zero attached hydrogens (tertiary/aromatic N) is 2. The summed E-state index contributed by atoms with van der Waals surface area (Å²) in [5.74, 6) is 1.12. The summed E-state index contributed by atoms with van der Waals surface area (Å²) in [7, 11) is 0. The van der Waals surface area contributed by atoms with Crippen LogP contribution in [-0.4, -0.2) is 15.1 Å². The van der Waals surface area contributed by atoms with Gasteiger partial charge in [0, 0.05) is 11.8 Å². The highest BCUT2D eigenvalue weighted by molar-refractivity contribution is 5.81. The molecule has 1 aromatic carbocycles. The lowest BCUT2D eigenvalue weighted by Crippen LogP contribution is -2.13. The van der Waals surface area contributed by atoms with E-state index in [-0.39, 0.29) is 5.56 Å². The Kier molecular flexibility index (Phi) is 2.86. The number of hydrogen-bond donors (Lipinski definition) is 3. The fourth-order valence-electron chi connectivity index (χ4n) is 1.92. The van der Waals surface area contributed by atoms with Crippen molar-refractivity contribution >= 4 is 22.5 Å². The van der Waals surface area contributed by atoms with Gasteiger partial charge >= 0.3 is 0 Å². The number of aromatic nitrogens is 3. The van der Waals surface area contributed by atoms with E-state index in [0.29, 0.717) is 29.1 Å². The molecule has 0 radical (unpaired) electrons. The fourth-order valence-corrected chi connectivity index (χ4v) is 1.92. The largest absolute Gasteiger partial charge is 0.399 e. The molecule has 7 nitrogen and oxygen atoms in total. The second-order valence-corrected chi connectivity index (χ2v) is 4.47. The van der Waals surface area contributed by atoms with Gasteiger partial charge in [0.2, 0.25) is 5.95 Å². The van der Waals surface area contributed by atoms with Crippen molar-refractivity contribution in [3.63, 3.8) is 0 Å². The van der Waals surface area contributed by atoms with Crippen LogP contribution in [0.25, 0.3) is 10.9 Å². The summed E-state index contributed by atoms with van der Waals surface area (Å²) in [4.78, 5) is 18.9. The van der Waals surface area contributed by atoms with Crippen molar-refractivity contribution in [3.05, 3.63) is 46.1 Å². The number of nitrogen functional groups attached to an aromatic ring is 1. The first kappa shape index (κ1) is 12.2. The van der Waals surface area contributed by atoms with Gasteiger partial charge in [0.05, 0.1) is 17.4 Å². The summed E-state index contributed by atoms with van der Waals surface area (Å²) < 4.78 is 4.96. The van der Waals surface area contributed by atoms with Crippen LogP contribution in [0.2, 0.25) is 0 Å². The van der Waals surface area contributed by atoms with E-state index in [0.717, 1.165) is 11.5 Å². The Morgan fingerprint density at radius 3 is 3.00 bits per heavy atom. The van der Waals surface area contributed by atoms with Gasteiger partial charge in [0.1, 0.15) is 11.5 Å². The molecule has 0 amide bonds. The van der Waals surface area contributed by atoms with Gasteiger partial charge in [-0.1, -0.05) is 5.16 Å². The number of fused-ring (bicyclic) bond motifs is 1. The average Bonchev–Trinajstić information content (AvgIpc) is 2.83. The van der Waals surface area contributed by atoms with Crippen molar-refractivity contribution in [3.8, 4) is 0 Å². The van der Waals surface area contributed by atoms with Crippen LogP contribution in [0.3, 0.4) is 0 Å². The fraction of sp³-hybridized carbons (Fsp3) is 0.154. The molecule has 20 heavy (non-hydrogen) atoms. The molecule has 3 rings (SSSR count). The van der Waals surface area contributed by atoms with E-state index in [9.17, 15) is 4.79 Å². The zero-order valence-corrected chi connectivity index (χ0v) is 10.8. The first-order chi connectivity index (χ1) is 9.61. The van der Waals surface area contributed by atoms with Crippen LogP contribution in [0, 0.1) is 6.92 Å². The van der Waals surface area contributed by atoms with Crippen molar-refractivity contribution < 1.29 is 4.52 Å². The molecule has 7 heteroatoms. The maximum absolute atomic E-state index is 11.9. The molecule has 102 valence electrons. The SMILES string of the molecule is Cc1cc(CNc2nc3ccc(N)cc3c(=O)[nH]2)no1. The lowest BCUT2D eigenvalue weighted by molar-refractivity contribution is 0.391. The highest BCUT2D eigenvalue weighted by atomic mass is 16.5. The summed E-state index contributed by atoms with van der Waals surface area (Å²) in [6.45, 7) is 2.23. The molecule has 4 N–H and O–H groups in total. The van der Waals surface area contributed by atoms with Crippen LogP contribution < -0.4 is 16.6 Å². The van der Waals surface area contributed by atoms with E-state index in [1.165, 1.54) is 0 Å². The highest BCUT2D eigenvalue weighted by Gasteiger charge is 2.05. The third kappa shape index (κ3) is 2.33. The van der Waals surface area contributed by atoms with Gasteiger partial charge in [-0.25, -0.2) is 4.98 Å². The van der Waals surface area contributed by atoms with Gasteiger partial charge < -0.3 is 15.6 Å². The molecule has 2 aromatic heterocycles. The molecule has 0 atom stereocenters. The molecule has 2 heterocycles. The Morgan fingerprint density at radius 2 is 2.25 bits per heavy atom. The summed E-state index contributed by atoms with van der Waals surface area (Å²) in [6, 6.07) is 6.84. The quantitative estimate of drug-likeness (QED) is 0.621. The first-order valence-corrected chi connectivity index (χ1v) is 6.07. The lowest BCUT2D eigenvalue weighted by atomic mass is 10.2. The van der Waals surface area contributed by atoms with Gasteiger partial charge in [-0.15, -0.1) is 0 Å². The van der Waals surface area contributed by atoms with Crippen molar-refractivity contribution in [2.24, 2.45) is 0 Å². The Balaban J connectivity index is 1.89. The molecule has 3 aromatic rings. The summed E-state index contributed by atoms with van der Waals surface area (Å²) >= 11 is 0. The first-order valence-electron chi connectivity index (χ1n) is 6.07. The van der Waals surface area contributed by atoms with Crippen LogP contribution in [0.4, 0.5) is 11.6 Å². The highest BCUT2D eigenvalue weighted by Crippen LogP contribution is 2.13. The minimum Gasteiger partial charge on any atom is -0.399 e. The standard InChI is InChI=1S/C13H13N5O2/c1-7-4-9(18-20-7)6-15-13-16-11-3-2-8(14)5-10(11)12(19)17-13/h2-5H,6,14H2,1H3,(H2,15,16,17,19). The smallest absolute Gasteiger partial charge is 0.260 e. The molecular weight excluding hydrogens is 258 g/mol. The van der Waals surface area contributed by atoms with Crippen molar-refractivity contribution in [1.82, 2.24) is 15.1 Å². The zero-order valence-electron chi connectivity index (χ0n) is 10.8. The Labute approximate surface area is 113 Å². The van der Waals surface area contributed by atoms with Crippen LogP contribution in [-0.2, 0) is 6.54 Å². The second kappa shape index (κ2) is 4.69. The van der Waals surface area contributed by atoms with E-state index in [1.807, 2.05) is 13.0 Å². The number of benzene rings is 1. The summed E-state index contributed by atoms with van der Waals surface area (Å²) in [5, 5.41) is 7.32. The number of aromatic amines is 1. The summed E-state index contributed by atoms with van der Waals surface area (Å²) in [5.41, 5.74) is 7.27. The molecule has 0 saturated heterocycles. The third-order valence-corrected chi connectivity index (χ3v) is 2.84. The van der Waals surface area contributed by atoms with Crippen molar-refractivity contribution in [1.29, 1.82) is 0 Å². The van der Waals surface area contributed by atoms with Gasteiger partial charge in [-0.2, -0.15) is 0 Å². The number of aryl methyl sites for hydroxylation is 1. The molecule has 0 fully saturated rings. The average molecular weight is 271 g/mol. The third-order valence-electron chi connectivity index (χ3n) is 2.84. The molecule has 0 aliphatic rings. The maximum atomic E-state index is 11.9. The number of anilines is 2. The predicted molar refractivity (Wildman–Crippen MR) is 75.3 cm³/mol. The van der Waals surface area contributed by atoms with Crippen LogP contribution in [0.15, 0.2) is 33.6 Å². The molecule has 0 unspecified atom stereocenters. The number of nitrogens with one attached hydrogen (secondary N) is 2. The van der Waals surface area contributed by atoms with Gasteiger partial charge in [0.25, 0.3) is 5.56 Å². The van der Waals surface area contributed by atoms with Crippen LogP contribution in [0.1, 0.15) is 11.5 Å². The molecule has 0 aliphatic carbocycles. The van der Waals surface area contributed by atoms with Crippen LogP contribution in [0.5, 0.6) is 0 Å². The Hall–Kier alpha value is -2.83. The van der Waals surface area contributed by atoms with Gasteiger partial charge in [-0.3, -0.25) is 9.78 Å². The number of rotatable bonds is 3. The topological polar surface area (TPSA) is 110 Å². The van der Waals surface area contributed by atoms with E-state index < -0.39 is 0 Å². The molecular formula is C13H13N5O2. The van der Waals surface area contributed by atoms with Gasteiger partial charge in [0.15, 0.2) is 0 Å². The predicted octanol–water partition coefficient (Wildman–Crippen LogP) is 1.41. The Bertz CT molecular complexity index is 821. The maximum Gasteiger partial charge on any atom is 0.260 e. The minimum absolute atomic E-state index is 0.235. The second-order valence-electron chi connectivity index (χ2n) is 4.47. The van der Waals surface area contributed by atoms with E-state index in [1.54, 1.807) is 18.2 Å².